The molecule has 0 rings (SSSR count). The van der Waals surface area contributed by atoms with Gasteiger partial charge in [-0.05, 0) is 13.5 Å². The van der Waals surface area contributed by atoms with Crippen LogP contribution in [0.25, 0.3) is 0 Å². The SMILES string of the molecule is CCC(NC)C(N)=NO. The van der Waals surface area contributed by atoms with Gasteiger partial charge in [0.1, 0.15) is 0 Å². The van der Waals surface area contributed by atoms with Crippen molar-refractivity contribution in [1.82, 2.24) is 5.32 Å². The summed E-state index contributed by atoms with van der Waals surface area (Å²) in [5, 5.41) is 13.9. The highest BCUT2D eigenvalue weighted by Gasteiger charge is 2.06. The van der Waals surface area contributed by atoms with Crippen molar-refractivity contribution in [1.29, 1.82) is 0 Å². The van der Waals surface area contributed by atoms with Crippen LogP contribution in [0.4, 0.5) is 0 Å². The molecule has 0 bridgehead atoms. The predicted octanol–water partition coefficient (Wildman–Crippen LogP) is -0.269. The maximum atomic E-state index is 8.19. The molecule has 54 valence electrons. The lowest BCUT2D eigenvalue weighted by molar-refractivity contribution is 0.314. The number of hydrogen-bond acceptors (Lipinski definition) is 3. The van der Waals surface area contributed by atoms with Gasteiger partial charge >= 0.3 is 0 Å². The predicted molar refractivity (Wildman–Crippen MR) is 36.5 cm³/mol. The van der Waals surface area contributed by atoms with E-state index in [4.69, 9.17) is 10.9 Å². The van der Waals surface area contributed by atoms with E-state index in [0.29, 0.717) is 0 Å². The zero-order valence-electron chi connectivity index (χ0n) is 5.76. The average Bonchev–Trinajstić information content (AvgIpc) is 1.90. The summed E-state index contributed by atoms with van der Waals surface area (Å²) in [6, 6.07) is -0.00463. The number of oxime groups is 1. The molecule has 1 unspecified atom stereocenters. The first kappa shape index (κ1) is 8.23. The van der Waals surface area contributed by atoms with Gasteiger partial charge < -0.3 is 16.3 Å². The third-order valence-corrected chi connectivity index (χ3v) is 1.23. The maximum absolute atomic E-state index is 8.19. The Morgan fingerprint density at radius 2 is 2.44 bits per heavy atom. The van der Waals surface area contributed by atoms with Crippen LogP contribution in [0.2, 0.25) is 0 Å². The molecule has 4 heteroatoms. The van der Waals surface area contributed by atoms with Crippen molar-refractivity contribution in [3.63, 3.8) is 0 Å². The monoisotopic (exact) mass is 131 g/mol. The molecule has 0 aromatic carbocycles. The fourth-order valence-corrected chi connectivity index (χ4v) is 0.631. The fourth-order valence-electron chi connectivity index (χ4n) is 0.631. The average molecular weight is 131 g/mol. The second-order valence-corrected chi connectivity index (χ2v) is 1.77. The number of rotatable bonds is 3. The molecule has 0 aliphatic rings. The highest BCUT2D eigenvalue weighted by atomic mass is 16.4. The lowest BCUT2D eigenvalue weighted by Gasteiger charge is -2.09. The molecule has 0 spiro atoms. The Kier molecular flexibility index (Phi) is 3.79. The molecule has 9 heavy (non-hydrogen) atoms. The van der Waals surface area contributed by atoms with Crippen molar-refractivity contribution in [3.8, 4) is 0 Å². The van der Waals surface area contributed by atoms with Gasteiger partial charge in [0.15, 0.2) is 5.84 Å². The minimum atomic E-state index is -0.00463. The maximum Gasteiger partial charge on any atom is 0.156 e. The van der Waals surface area contributed by atoms with Crippen LogP contribution < -0.4 is 11.1 Å². The van der Waals surface area contributed by atoms with E-state index in [1.807, 2.05) is 6.92 Å². The lowest BCUT2D eigenvalue weighted by Crippen LogP contribution is -2.38. The number of nitrogens with two attached hydrogens (primary N) is 1. The number of hydrogen-bond donors (Lipinski definition) is 3. The minimum Gasteiger partial charge on any atom is -0.409 e. The smallest absolute Gasteiger partial charge is 0.156 e. The lowest BCUT2D eigenvalue weighted by atomic mass is 10.2. The van der Waals surface area contributed by atoms with Gasteiger partial charge in [0.2, 0.25) is 0 Å². The number of nitrogens with one attached hydrogen (secondary N) is 1. The first-order chi connectivity index (χ1) is 4.26. The van der Waals surface area contributed by atoms with Gasteiger partial charge in [-0.1, -0.05) is 12.1 Å². The van der Waals surface area contributed by atoms with Crippen LogP contribution in [0, 0.1) is 0 Å². The van der Waals surface area contributed by atoms with Gasteiger partial charge in [-0.15, -0.1) is 0 Å². The Bertz CT molecular complexity index is 98.4. The first-order valence-electron chi connectivity index (χ1n) is 2.90. The molecule has 4 N–H and O–H groups in total. The largest absolute Gasteiger partial charge is 0.409 e. The Hall–Kier alpha value is -0.770. The van der Waals surface area contributed by atoms with E-state index in [1.54, 1.807) is 7.05 Å². The van der Waals surface area contributed by atoms with Gasteiger partial charge in [-0.2, -0.15) is 0 Å². The number of likely N-dealkylation sites (N-methyl/N-ethyl adjacent to an activating group) is 1. The van der Waals surface area contributed by atoms with Crippen molar-refractivity contribution >= 4 is 5.84 Å². The second-order valence-electron chi connectivity index (χ2n) is 1.77. The topological polar surface area (TPSA) is 70.6 Å². The standard InChI is InChI=1S/C5H13N3O/c1-3-4(7-2)5(6)8-9/h4,7,9H,3H2,1-2H3,(H2,6,8). The van der Waals surface area contributed by atoms with Gasteiger partial charge in [-0.3, -0.25) is 0 Å². The van der Waals surface area contributed by atoms with Crippen LogP contribution in [0.5, 0.6) is 0 Å². The molecular formula is C5H13N3O. The Balaban J connectivity index is 3.79. The summed E-state index contributed by atoms with van der Waals surface area (Å²) in [5.74, 6) is 0.236. The van der Waals surface area contributed by atoms with Crippen LogP contribution in [0.1, 0.15) is 13.3 Å². The molecule has 0 amide bonds. The molecular weight excluding hydrogens is 118 g/mol. The molecule has 0 aliphatic heterocycles. The molecule has 1 atom stereocenters. The van der Waals surface area contributed by atoms with E-state index >= 15 is 0 Å². The highest BCUT2D eigenvalue weighted by molar-refractivity contribution is 5.85. The molecule has 0 fully saturated rings. The zero-order chi connectivity index (χ0) is 7.28. The van der Waals surface area contributed by atoms with Crippen LogP contribution in [-0.2, 0) is 0 Å². The normalized spacial score (nSPS) is 15.6. The number of amidine groups is 1. The molecule has 4 nitrogen and oxygen atoms in total. The van der Waals surface area contributed by atoms with E-state index in [2.05, 4.69) is 10.5 Å². The van der Waals surface area contributed by atoms with Crippen molar-refractivity contribution in [2.75, 3.05) is 7.05 Å². The van der Waals surface area contributed by atoms with E-state index in [-0.39, 0.29) is 11.9 Å². The molecule has 0 aliphatic carbocycles. The fraction of sp³-hybridized carbons (Fsp3) is 0.800. The van der Waals surface area contributed by atoms with Crippen LogP contribution in [-0.4, -0.2) is 24.1 Å². The molecule has 0 saturated heterocycles. The molecule has 0 heterocycles. The third kappa shape index (κ3) is 2.32. The van der Waals surface area contributed by atoms with Crippen molar-refractivity contribution in [2.45, 2.75) is 19.4 Å². The summed E-state index contributed by atoms with van der Waals surface area (Å²) in [7, 11) is 1.77. The summed E-state index contributed by atoms with van der Waals surface area (Å²) < 4.78 is 0. The van der Waals surface area contributed by atoms with E-state index in [1.165, 1.54) is 0 Å². The van der Waals surface area contributed by atoms with Gasteiger partial charge in [0.25, 0.3) is 0 Å². The van der Waals surface area contributed by atoms with E-state index < -0.39 is 0 Å². The van der Waals surface area contributed by atoms with Crippen molar-refractivity contribution in [3.05, 3.63) is 0 Å². The summed E-state index contributed by atoms with van der Waals surface area (Å²) in [5.41, 5.74) is 5.28. The molecule has 0 saturated carbocycles. The van der Waals surface area contributed by atoms with Crippen LogP contribution >= 0.6 is 0 Å². The minimum absolute atomic E-state index is 0.00463. The Morgan fingerprint density at radius 3 is 2.56 bits per heavy atom. The third-order valence-electron chi connectivity index (χ3n) is 1.23. The second kappa shape index (κ2) is 4.14. The molecule has 0 aromatic rings. The van der Waals surface area contributed by atoms with Crippen molar-refractivity contribution in [2.24, 2.45) is 10.9 Å². The molecule has 0 radical (unpaired) electrons. The van der Waals surface area contributed by atoms with Crippen LogP contribution in [0.3, 0.4) is 0 Å². The van der Waals surface area contributed by atoms with Crippen molar-refractivity contribution < 1.29 is 5.21 Å². The zero-order valence-corrected chi connectivity index (χ0v) is 5.76. The first-order valence-corrected chi connectivity index (χ1v) is 2.90. The van der Waals surface area contributed by atoms with E-state index in [9.17, 15) is 0 Å². The summed E-state index contributed by atoms with van der Waals surface area (Å²) in [6.45, 7) is 1.96. The highest BCUT2D eigenvalue weighted by Crippen LogP contribution is 1.87. The summed E-state index contributed by atoms with van der Waals surface area (Å²) in [6.07, 6.45) is 0.826. The van der Waals surface area contributed by atoms with E-state index in [0.717, 1.165) is 6.42 Å². The van der Waals surface area contributed by atoms with Gasteiger partial charge in [0.05, 0.1) is 6.04 Å². The van der Waals surface area contributed by atoms with Gasteiger partial charge in [0, 0.05) is 0 Å². The van der Waals surface area contributed by atoms with Crippen LogP contribution in [0.15, 0.2) is 5.16 Å². The molecule has 0 aromatic heterocycles. The Morgan fingerprint density at radius 1 is 1.89 bits per heavy atom. The quantitative estimate of drug-likeness (QED) is 0.214. The van der Waals surface area contributed by atoms with Gasteiger partial charge in [-0.25, -0.2) is 0 Å². The summed E-state index contributed by atoms with van der Waals surface area (Å²) in [4.78, 5) is 0. The summed E-state index contributed by atoms with van der Waals surface area (Å²) >= 11 is 0. The Labute approximate surface area is 54.7 Å². The number of nitrogens with zero attached hydrogens (tertiary/aromatic N) is 1.